The summed E-state index contributed by atoms with van der Waals surface area (Å²) in [5, 5.41) is 8.74. The maximum Gasteiger partial charge on any atom is 0.128 e. The monoisotopic (exact) mass is 231 g/mol. The lowest BCUT2D eigenvalue weighted by Crippen LogP contribution is -2.31. The molecule has 1 fully saturated rings. The highest BCUT2D eigenvalue weighted by atomic mass is 16.5. The van der Waals surface area contributed by atoms with Crippen molar-refractivity contribution in [2.75, 3.05) is 24.6 Å². The molecule has 0 radical (unpaired) electrons. The molecule has 2 heterocycles. The maximum atomic E-state index is 8.74. The van der Waals surface area contributed by atoms with Gasteiger partial charge in [0.15, 0.2) is 0 Å². The molecule has 0 N–H and O–H groups in total. The molecule has 1 aliphatic rings. The van der Waals surface area contributed by atoms with Crippen LogP contribution in [0.25, 0.3) is 0 Å². The van der Waals surface area contributed by atoms with Gasteiger partial charge in [-0.2, -0.15) is 5.26 Å². The van der Waals surface area contributed by atoms with Gasteiger partial charge in [-0.25, -0.2) is 4.98 Å². The van der Waals surface area contributed by atoms with Crippen LogP contribution in [-0.2, 0) is 4.74 Å². The van der Waals surface area contributed by atoms with E-state index in [2.05, 4.69) is 22.9 Å². The molecule has 17 heavy (non-hydrogen) atoms. The minimum absolute atomic E-state index is 0.287. The maximum absolute atomic E-state index is 8.74. The van der Waals surface area contributed by atoms with Gasteiger partial charge in [-0.3, -0.25) is 0 Å². The zero-order chi connectivity index (χ0) is 12.1. The molecule has 1 aliphatic heterocycles. The van der Waals surface area contributed by atoms with Gasteiger partial charge < -0.3 is 9.64 Å². The highest BCUT2D eigenvalue weighted by Gasteiger charge is 2.18. The van der Waals surface area contributed by atoms with Gasteiger partial charge in [-0.1, -0.05) is 6.92 Å². The van der Waals surface area contributed by atoms with E-state index in [1.54, 1.807) is 6.20 Å². The van der Waals surface area contributed by atoms with E-state index < -0.39 is 0 Å². The number of nitriles is 1. The van der Waals surface area contributed by atoms with Crippen LogP contribution < -0.4 is 4.90 Å². The lowest BCUT2D eigenvalue weighted by atomic mass is 10.2. The quantitative estimate of drug-likeness (QED) is 0.780. The number of nitrogens with zero attached hydrogens (tertiary/aromatic N) is 3. The summed E-state index contributed by atoms with van der Waals surface area (Å²) in [5.74, 6) is 0.938. The number of anilines is 1. The van der Waals surface area contributed by atoms with Crippen LogP contribution in [0.5, 0.6) is 0 Å². The van der Waals surface area contributed by atoms with Gasteiger partial charge in [-0.05, 0) is 25.0 Å². The van der Waals surface area contributed by atoms with Gasteiger partial charge in [0, 0.05) is 25.9 Å². The Balaban J connectivity index is 2.11. The van der Waals surface area contributed by atoms with Crippen molar-refractivity contribution < 1.29 is 4.74 Å². The summed E-state index contributed by atoms with van der Waals surface area (Å²) in [7, 11) is 0. The molecular formula is C13H17N3O. The van der Waals surface area contributed by atoms with Crippen LogP contribution in [0.15, 0.2) is 18.3 Å². The third-order valence-corrected chi connectivity index (χ3v) is 3.01. The molecule has 1 saturated heterocycles. The van der Waals surface area contributed by atoms with Gasteiger partial charge in [-0.15, -0.1) is 0 Å². The minimum atomic E-state index is 0.287. The second-order valence-corrected chi connectivity index (χ2v) is 4.22. The first-order chi connectivity index (χ1) is 8.33. The molecule has 1 aromatic heterocycles. The Morgan fingerprint density at radius 1 is 1.59 bits per heavy atom. The molecule has 0 amide bonds. The average Bonchev–Trinajstić information content (AvgIpc) is 2.64. The number of hydrogen-bond acceptors (Lipinski definition) is 4. The Labute approximate surface area is 102 Å². The fourth-order valence-electron chi connectivity index (χ4n) is 1.99. The molecule has 90 valence electrons. The summed E-state index contributed by atoms with van der Waals surface area (Å²) in [6.45, 7) is 4.82. The number of rotatable bonds is 2. The van der Waals surface area contributed by atoms with Gasteiger partial charge in [0.25, 0.3) is 0 Å². The Hall–Kier alpha value is -1.60. The van der Waals surface area contributed by atoms with Crippen molar-refractivity contribution in [3.63, 3.8) is 0 Å². The summed E-state index contributed by atoms with van der Waals surface area (Å²) in [5.41, 5.74) is 0.604. The van der Waals surface area contributed by atoms with Crippen LogP contribution in [0, 0.1) is 11.3 Å². The first-order valence-electron chi connectivity index (χ1n) is 6.06. The number of pyridine rings is 1. The normalized spacial score (nSPS) is 20.7. The number of ether oxygens (including phenoxy) is 1. The van der Waals surface area contributed by atoms with Crippen LogP contribution in [0.3, 0.4) is 0 Å². The molecule has 0 bridgehead atoms. The summed E-state index contributed by atoms with van der Waals surface area (Å²) < 4.78 is 5.73. The van der Waals surface area contributed by atoms with Crippen LogP contribution >= 0.6 is 0 Å². The van der Waals surface area contributed by atoms with Crippen molar-refractivity contribution in [1.82, 2.24) is 4.98 Å². The van der Waals surface area contributed by atoms with Crippen molar-refractivity contribution in [3.05, 3.63) is 23.9 Å². The van der Waals surface area contributed by atoms with E-state index in [4.69, 9.17) is 10.00 Å². The molecule has 0 spiro atoms. The van der Waals surface area contributed by atoms with Gasteiger partial charge in [0.2, 0.25) is 0 Å². The fraction of sp³-hybridized carbons (Fsp3) is 0.538. The minimum Gasteiger partial charge on any atom is -0.376 e. The van der Waals surface area contributed by atoms with E-state index in [0.717, 1.165) is 38.4 Å². The summed E-state index contributed by atoms with van der Waals surface area (Å²) in [6.07, 6.45) is 3.96. The lowest BCUT2D eigenvalue weighted by molar-refractivity contribution is 0.0664. The third-order valence-electron chi connectivity index (χ3n) is 3.01. The first kappa shape index (κ1) is 11.9. The second kappa shape index (κ2) is 5.65. The SMILES string of the molecule is CCC1CN(c2ccc(C#N)cn2)CCCO1. The van der Waals surface area contributed by atoms with Gasteiger partial charge >= 0.3 is 0 Å². The van der Waals surface area contributed by atoms with E-state index in [1.165, 1.54) is 0 Å². The molecule has 4 heteroatoms. The smallest absolute Gasteiger partial charge is 0.128 e. The van der Waals surface area contributed by atoms with Gasteiger partial charge in [0.05, 0.1) is 11.7 Å². The van der Waals surface area contributed by atoms with Gasteiger partial charge in [0.1, 0.15) is 11.9 Å². The molecule has 0 saturated carbocycles. The Morgan fingerprint density at radius 2 is 2.47 bits per heavy atom. The van der Waals surface area contributed by atoms with E-state index in [1.807, 2.05) is 12.1 Å². The predicted molar refractivity (Wildman–Crippen MR) is 65.8 cm³/mol. The van der Waals surface area contributed by atoms with Crippen LogP contribution in [-0.4, -0.2) is 30.8 Å². The highest BCUT2D eigenvalue weighted by Crippen LogP contribution is 2.16. The summed E-state index contributed by atoms with van der Waals surface area (Å²) in [6, 6.07) is 5.81. The molecular weight excluding hydrogens is 214 g/mol. The van der Waals surface area contributed by atoms with E-state index in [-0.39, 0.29) is 6.10 Å². The molecule has 4 nitrogen and oxygen atoms in total. The van der Waals surface area contributed by atoms with Crippen LogP contribution in [0.1, 0.15) is 25.3 Å². The second-order valence-electron chi connectivity index (χ2n) is 4.22. The molecule has 0 aliphatic carbocycles. The number of hydrogen-bond donors (Lipinski definition) is 0. The summed E-state index contributed by atoms with van der Waals surface area (Å²) >= 11 is 0. The van der Waals surface area contributed by atoms with Crippen molar-refractivity contribution in [2.24, 2.45) is 0 Å². The van der Waals surface area contributed by atoms with Crippen molar-refractivity contribution in [2.45, 2.75) is 25.9 Å². The largest absolute Gasteiger partial charge is 0.376 e. The zero-order valence-electron chi connectivity index (χ0n) is 10.1. The molecule has 1 atom stereocenters. The third kappa shape index (κ3) is 2.95. The van der Waals surface area contributed by atoms with Crippen molar-refractivity contribution in [3.8, 4) is 6.07 Å². The highest BCUT2D eigenvalue weighted by molar-refractivity contribution is 5.42. The molecule has 0 aromatic carbocycles. The van der Waals surface area contributed by atoms with E-state index in [0.29, 0.717) is 5.56 Å². The first-order valence-corrected chi connectivity index (χ1v) is 6.06. The Kier molecular flexibility index (Phi) is 3.94. The van der Waals surface area contributed by atoms with E-state index >= 15 is 0 Å². The van der Waals surface area contributed by atoms with Crippen LogP contribution in [0.2, 0.25) is 0 Å². The molecule has 1 aromatic rings. The predicted octanol–water partition coefficient (Wildman–Crippen LogP) is 1.96. The zero-order valence-corrected chi connectivity index (χ0v) is 10.1. The van der Waals surface area contributed by atoms with Crippen molar-refractivity contribution in [1.29, 1.82) is 5.26 Å². The molecule has 1 unspecified atom stereocenters. The lowest BCUT2D eigenvalue weighted by Gasteiger charge is -2.24. The van der Waals surface area contributed by atoms with Crippen molar-refractivity contribution >= 4 is 5.82 Å². The van der Waals surface area contributed by atoms with Crippen LogP contribution in [0.4, 0.5) is 5.82 Å². The molecule has 2 rings (SSSR count). The standard InChI is InChI=1S/C13H17N3O/c1-2-12-10-16(6-3-7-17-12)13-5-4-11(8-14)9-15-13/h4-5,9,12H,2-3,6-7,10H2,1H3. The Bertz CT molecular complexity index is 396. The van der Waals surface area contributed by atoms with E-state index in [9.17, 15) is 0 Å². The fourth-order valence-corrected chi connectivity index (χ4v) is 1.99. The Morgan fingerprint density at radius 3 is 3.12 bits per heavy atom. The summed E-state index contributed by atoms with van der Waals surface area (Å²) in [4.78, 5) is 6.57. The average molecular weight is 231 g/mol. The topological polar surface area (TPSA) is 49.2 Å². The number of aromatic nitrogens is 1.